The molecular formula is C22H19Cl2FN4O2. The Morgan fingerprint density at radius 2 is 2.06 bits per heavy atom. The van der Waals surface area contributed by atoms with Gasteiger partial charge in [0.15, 0.2) is 0 Å². The average molecular weight is 461 g/mol. The first kappa shape index (κ1) is 21.3. The van der Waals surface area contributed by atoms with E-state index in [1.807, 2.05) is 0 Å². The van der Waals surface area contributed by atoms with Gasteiger partial charge in [-0.15, -0.1) is 0 Å². The van der Waals surface area contributed by atoms with Gasteiger partial charge in [0.25, 0.3) is 0 Å². The van der Waals surface area contributed by atoms with Crippen molar-refractivity contribution in [3.05, 3.63) is 69.2 Å². The third kappa shape index (κ3) is 4.16. The summed E-state index contributed by atoms with van der Waals surface area (Å²) in [6.45, 7) is 1.76. The SMILES string of the molecule is CC1=C(CC(=O)Nc2ccc3n[nH]c(Cl)c3c2)C(c2ccc(Cl)cc2F)CC(=O)N1C. The summed E-state index contributed by atoms with van der Waals surface area (Å²) < 4.78 is 14.6. The van der Waals surface area contributed by atoms with Crippen LogP contribution in [0.1, 0.15) is 31.2 Å². The number of nitrogens with zero attached hydrogens (tertiary/aromatic N) is 2. The Bertz CT molecular complexity index is 1240. The number of carbonyl (C=O) groups is 2. The number of carbonyl (C=O) groups excluding carboxylic acids is 2. The predicted octanol–water partition coefficient (Wildman–Crippen LogP) is 5.26. The van der Waals surface area contributed by atoms with E-state index >= 15 is 0 Å². The van der Waals surface area contributed by atoms with Crippen LogP contribution in [0.2, 0.25) is 10.2 Å². The Balaban J connectivity index is 1.63. The molecule has 0 saturated heterocycles. The highest BCUT2D eigenvalue weighted by Gasteiger charge is 2.33. The lowest BCUT2D eigenvalue weighted by molar-refractivity contribution is -0.129. The van der Waals surface area contributed by atoms with Crippen molar-refractivity contribution in [2.75, 3.05) is 12.4 Å². The van der Waals surface area contributed by atoms with E-state index in [1.165, 1.54) is 11.0 Å². The Kier molecular flexibility index (Phi) is 5.73. The molecule has 31 heavy (non-hydrogen) atoms. The number of allylic oxidation sites excluding steroid dienone is 1. The molecule has 0 saturated carbocycles. The standard InChI is InChI=1S/C22H19Cl2FN4O2/c1-11-15(9-20(30)26-13-4-6-19-17(8-13)22(24)28-27-19)16(10-21(31)29(11)2)14-5-3-12(23)7-18(14)25/h3-8,16H,9-10H2,1-2H3,(H,26,30)(H,27,28). The number of hydrogen-bond acceptors (Lipinski definition) is 3. The van der Waals surface area contributed by atoms with Crippen LogP contribution in [0.5, 0.6) is 0 Å². The van der Waals surface area contributed by atoms with Gasteiger partial charge in [-0.3, -0.25) is 14.7 Å². The zero-order valence-electron chi connectivity index (χ0n) is 16.8. The van der Waals surface area contributed by atoms with Gasteiger partial charge < -0.3 is 10.2 Å². The number of amides is 2. The summed E-state index contributed by atoms with van der Waals surface area (Å²) in [5, 5.41) is 10.9. The van der Waals surface area contributed by atoms with Crippen LogP contribution < -0.4 is 5.32 Å². The van der Waals surface area contributed by atoms with Gasteiger partial charge in [-0.25, -0.2) is 4.39 Å². The molecule has 160 valence electrons. The van der Waals surface area contributed by atoms with E-state index in [2.05, 4.69) is 15.5 Å². The molecule has 3 aromatic rings. The molecule has 0 radical (unpaired) electrons. The summed E-state index contributed by atoms with van der Waals surface area (Å²) >= 11 is 12.0. The molecule has 1 aliphatic heterocycles. The molecule has 2 aromatic carbocycles. The maximum absolute atomic E-state index is 14.6. The second-order valence-electron chi connectivity index (χ2n) is 7.48. The molecule has 2 N–H and O–H groups in total. The number of aromatic amines is 1. The molecule has 0 bridgehead atoms. The van der Waals surface area contributed by atoms with Crippen molar-refractivity contribution in [1.29, 1.82) is 0 Å². The summed E-state index contributed by atoms with van der Waals surface area (Å²) in [5.74, 6) is -1.46. The number of aromatic nitrogens is 2. The van der Waals surface area contributed by atoms with Crippen molar-refractivity contribution in [3.8, 4) is 0 Å². The molecular weight excluding hydrogens is 442 g/mol. The molecule has 9 heteroatoms. The van der Waals surface area contributed by atoms with Crippen LogP contribution in [-0.2, 0) is 9.59 Å². The minimum Gasteiger partial charge on any atom is -0.326 e. The maximum Gasteiger partial charge on any atom is 0.228 e. The van der Waals surface area contributed by atoms with Crippen molar-refractivity contribution >= 4 is 51.6 Å². The molecule has 2 heterocycles. The topological polar surface area (TPSA) is 78.1 Å². The largest absolute Gasteiger partial charge is 0.326 e. The Hall–Kier alpha value is -2.90. The van der Waals surface area contributed by atoms with Gasteiger partial charge in [0.05, 0.1) is 11.9 Å². The molecule has 6 nitrogen and oxygen atoms in total. The molecule has 1 atom stereocenters. The van der Waals surface area contributed by atoms with E-state index < -0.39 is 11.7 Å². The molecule has 0 fully saturated rings. The summed E-state index contributed by atoms with van der Waals surface area (Å²) in [6, 6.07) is 9.58. The third-order valence-electron chi connectivity index (χ3n) is 5.62. The predicted molar refractivity (Wildman–Crippen MR) is 119 cm³/mol. The number of benzene rings is 2. The van der Waals surface area contributed by atoms with Gasteiger partial charge in [0.1, 0.15) is 11.0 Å². The highest BCUT2D eigenvalue weighted by atomic mass is 35.5. The maximum atomic E-state index is 14.6. The number of halogens is 3. The Morgan fingerprint density at radius 1 is 1.29 bits per heavy atom. The zero-order chi connectivity index (χ0) is 22.3. The number of fused-ring (bicyclic) bond motifs is 1. The molecule has 1 unspecified atom stereocenters. The van der Waals surface area contributed by atoms with Crippen LogP contribution in [0, 0.1) is 5.82 Å². The van der Waals surface area contributed by atoms with Gasteiger partial charge in [0.2, 0.25) is 11.8 Å². The highest BCUT2D eigenvalue weighted by molar-refractivity contribution is 6.34. The van der Waals surface area contributed by atoms with E-state index in [0.717, 1.165) is 0 Å². The van der Waals surface area contributed by atoms with Crippen LogP contribution in [-0.4, -0.2) is 34.0 Å². The highest BCUT2D eigenvalue weighted by Crippen LogP contribution is 2.39. The summed E-state index contributed by atoms with van der Waals surface area (Å²) in [7, 11) is 1.65. The van der Waals surface area contributed by atoms with E-state index in [0.29, 0.717) is 38.6 Å². The first-order chi connectivity index (χ1) is 14.7. The molecule has 1 aromatic heterocycles. The van der Waals surface area contributed by atoms with Crippen LogP contribution in [0.4, 0.5) is 10.1 Å². The van der Waals surface area contributed by atoms with Crippen molar-refractivity contribution in [3.63, 3.8) is 0 Å². The van der Waals surface area contributed by atoms with Crippen molar-refractivity contribution < 1.29 is 14.0 Å². The Morgan fingerprint density at radius 3 is 2.81 bits per heavy atom. The van der Waals surface area contributed by atoms with Crippen molar-refractivity contribution in [1.82, 2.24) is 15.1 Å². The molecule has 2 amide bonds. The smallest absolute Gasteiger partial charge is 0.228 e. The van der Waals surface area contributed by atoms with Crippen LogP contribution in [0.15, 0.2) is 47.7 Å². The lowest BCUT2D eigenvalue weighted by atomic mass is 9.82. The molecule has 0 aliphatic carbocycles. The first-order valence-electron chi connectivity index (χ1n) is 9.59. The number of H-pyrrole nitrogens is 1. The number of anilines is 1. The van der Waals surface area contributed by atoms with Gasteiger partial charge in [-0.2, -0.15) is 5.10 Å². The second kappa shape index (κ2) is 8.32. The first-order valence-corrected chi connectivity index (χ1v) is 10.3. The summed E-state index contributed by atoms with van der Waals surface area (Å²) in [6.07, 6.45) is 0.0823. The minimum absolute atomic E-state index is 0.00728. The summed E-state index contributed by atoms with van der Waals surface area (Å²) in [5.41, 5.74) is 2.92. The monoisotopic (exact) mass is 460 g/mol. The van der Waals surface area contributed by atoms with Gasteiger partial charge in [-0.1, -0.05) is 29.3 Å². The van der Waals surface area contributed by atoms with E-state index in [9.17, 15) is 14.0 Å². The van der Waals surface area contributed by atoms with Crippen molar-refractivity contribution in [2.45, 2.75) is 25.7 Å². The fourth-order valence-corrected chi connectivity index (χ4v) is 4.21. The number of rotatable bonds is 4. The van der Waals surface area contributed by atoms with E-state index in [4.69, 9.17) is 23.2 Å². The lowest BCUT2D eigenvalue weighted by Crippen LogP contribution is -2.34. The van der Waals surface area contributed by atoms with Gasteiger partial charge in [-0.05, 0) is 48.4 Å². The van der Waals surface area contributed by atoms with Crippen LogP contribution >= 0.6 is 23.2 Å². The Labute approximate surface area is 188 Å². The fraction of sp³-hybridized carbons (Fsp3) is 0.227. The molecule has 0 spiro atoms. The van der Waals surface area contributed by atoms with Crippen LogP contribution in [0.25, 0.3) is 10.9 Å². The lowest BCUT2D eigenvalue weighted by Gasteiger charge is -2.33. The van der Waals surface area contributed by atoms with Gasteiger partial charge >= 0.3 is 0 Å². The zero-order valence-corrected chi connectivity index (χ0v) is 18.3. The second-order valence-corrected chi connectivity index (χ2v) is 8.29. The van der Waals surface area contributed by atoms with E-state index in [1.54, 1.807) is 44.3 Å². The normalized spacial score (nSPS) is 16.9. The number of hydrogen-bond donors (Lipinski definition) is 2. The average Bonchev–Trinajstić information content (AvgIpc) is 3.09. The fourth-order valence-electron chi connectivity index (χ4n) is 3.86. The van der Waals surface area contributed by atoms with Crippen LogP contribution in [0.3, 0.4) is 0 Å². The van der Waals surface area contributed by atoms with Crippen molar-refractivity contribution in [2.24, 2.45) is 0 Å². The quantitative estimate of drug-likeness (QED) is 0.557. The minimum atomic E-state index is -0.544. The molecule has 4 rings (SSSR count). The number of nitrogens with one attached hydrogen (secondary N) is 2. The summed E-state index contributed by atoms with van der Waals surface area (Å²) in [4.78, 5) is 26.8. The van der Waals surface area contributed by atoms with Gasteiger partial charge in [0, 0.05) is 41.2 Å². The third-order valence-corrected chi connectivity index (χ3v) is 6.14. The molecule has 1 aliphatic rings. The van der Waals surface area contributed by atoms with E-state index in [-0.39, 0.29) is 29.7 Å².